The lowest BCUT2D eigenvalue weighted by atomic mass is 9.85. The first-order chi connectivity index (χ1) is 24.6. The fourth-order valence-corrected chi connectivity index (χ4v) is 9.13. The molecule has 3 amide bonds. The number of amides is 3. The lowest BCUT2D eigenvalue weighted by Gasteiger charge is -2.41. The first-order valence-electron chi connectivity index (χ1n) is 18.8. The molecule has 1 aliphatic carbocycles. The number of halogens is 1. The van der Waals surface area contributed by atoms with Gasteiger partial charge in [-0.15, -0.1) is 0 Å². The fourth-order valence-electron chi connectivity index (χ4n) is 9.01. The monoisotopic (exact) mass is 721 g/mol. The van der Waals surface area contributed by atoms with E-state index < -0.39 is 18.1 Å². The van der Waals surface area contributed by atoms with Crippen molar-refractivity contribution in [1.29, 1.82) is 0 Å². The highest BCUT2D eigenvalue weighted by Gasteiger charge is 2.51. The summed E-state index contributed by atoms with van der Waals surface area (Å²) in [4.78, 5) is 66.2. The molecule has 7 rings (SSSR count). The Labute approximate surface area is 305 Å². The molecule has 4 aliphatic heterocycles. The number of likely N-dealkylation sites (tertiary alicyclic amines) is 1. The maximum absolute atomic E-state index is 15.1. The number of nitrogens with zero attached hydrogens (tertiary/aromatic N) is 7. The SMILES string of the molecule is CN1CCN(C(=O)[C@@H]2C[C@H](N(C(=O)[C@@H]3CCCO3)[C@H]3CC[C@@H](C)CC3)CN2C(=O)[C@@H]2CN(c3ccc(=O)n(C)n3)C[C@H]2c2ccc(Cl)cc2)CC1. The van der Waals surface area contributed by atoms with Crippen molar-refractivity contribution in [2.75, 3.05) is 64.4 Å². The lowest BCUT2D eigenvalue weighted by Crippen LogP contribution is -2.54. The van der Waals surface area contributed by atoms with E-state index in [0.717, 1.165) is 50.8 Å². The van der Waals surface area contributed by atoms with Crippen LogP contribution in [-0.2, 0) is 26.2 Å². The number of carbonyl (C=O) groups excluding carboxylic acids is 3. The molecule has 5 aliphatic rings. The quantitative estimate of drug-likeness (QED) is 0.430. The molecule has 5 fully saturated rings. The van der Waals surface area contributed by atoms with Crippen molar-refractivity contribution in [1.82, 2.24) is 29.4 Å². The summed E-state index contributed by atoms with van der Waals surface area (Å²) in [6.45, 7) is 6.85. The van der Waals surface area contributed by atoms with E-state index in [4.69, 9.17) is 16.3 Å². The second kappa shape index (κ2) is 15.2. The number of hydrogen-bond donors (Lipinski definition) is 0. The number of ether oxygens (including phenoxy) is 1. The minimum absolute atomic E-state index is 0.0176. The van der Waals surface area contributed by atoms with Gasteiger partial charge in [-0.1, -0.05) is 30.7 Å². The number of hydrogen-bond acceptors (Lipinski definition) is 8. The molecule has 0 radical (unpaired) electrons. The van der Waals surface area contributed by atoms with Crippen LogP contribution in [0.1, 0.15) is 63.4 Å². The van der Waals surface area contributed by atoms with Gasteiger partial charge in [0.2, 0.25) is 11.8 Å². The number of likely N-dealkylation sites (N-methyl/N-ethyl adjacent to an activating group) is 1. The van der Waals surface area contributed by atoms with Crippen LogP contribution >= 0.6 is 11.6 Å². The normalized spacial score (nSPS) is 30.2. The number of benzene rings is 1. The standard InChI is InChI=1S/C38H52ClN7O5/c1-25-6-12-28(13-7-25)46(38(50)33-5-4-20-51-33)29-21-32(37(49)43-18-16-41(2)17-19-43)45(22-29)36(48)31-24-44(34-14-15-35(47)42(3)40-34)23-30(31)26-8-10-27(39)11-9-26/h8-11,14-15,25,28-33H,4-7,12-13,16-24H2,1-3H3/t25-,28+,29-,30-,31+,32-,33-/m0/s1. The van der Waals surface area contributed by atoms with Gasteiger partial charge in [-0.25, -0.2) is 4.68 Å². The van der Waals surface area contributed by atoms with Crippen molar-refractivity contribution in [2.45, 2.75) is 82.0 Å². The summed E-state index contributed by atoms with van der Waals surface area (Å²) in [7, 11) is 3.68. The summed E-state index contributed by atoms with van der Waals surface area (Å²) in [6.07, 6.45) is 5.47. The van der Waals surface area contributed by atoms with Crippen molar-refractivity contribution in [3.8, 4) is 0 Å². The van der Waals surface area contributed by atoms with Gasteiger partial charge in [0.15, 0.2) is 0 Å². The van der Waals surface area contributed by atoms with Gasteiger partial charge in [0.25, 0.3) is 11.5 Å². The first-order valence-corrected chi connectivity index (χ1v) is 19.2. The summed E-state index contributed by atoms with van der Waals surface area (Å²) in [5.41, 5.74) is 0.775. The van der Waals surface area contributed by atoms with E-state index in [-0.39, 0.29) is 41.3 Å². The highest BCUT2D eigenvalue weighted by molar-refractivity contribution is 6.30. The summed E-state index contributed by atoms with van der Waals surface area (Å²) in [5, 5.41) is 5.13. The van der Waals surface area contributed by atoms with Gasteiger partial charge in [0.05, 0.1) is 12.0 Å². The Morgan fingerprint density at radius 2 is 1.59 bits per heavy atom. The number of carbonyl (C=O) groups is 3. The van der Waals surface area contributed by atoms with Crippen LogP contribution in [0, 0.1) is 11.8 Å². The van der Waals surface area contributed by atoms with Gasteiger partial charge in [0.1, 0.15) is 18.0 Å². The Morgan fingerprint density at radius 3 is 2.25 bits per heavy atom. The van der Waals surface area contributed by atoms with E-state index in [2.05, 4.69) is 33.8 Å². The Bertz CT molecular complexity index is 1630. The first kappa shape index (κ1) is 35.9. The fraction of sp³-hybridized carbons (Fsp3) is 0.658. The molecule has 0 N–H and O–H groups in total. The zero-order valence-electron chi connectivity index (χ0n) is 30.2. The third-order valence-electron chi connectivity index (χ3n) is 12.1. The Hall–Kier alpha value is -3.48. The molecule has 1 saturated carbocycles. The summed E-state index contributed by atoms with van der Waals surface area (Å²) >= 11 is 6.29. The Kier molecular flexibility index (Phi) is 10.7. The molecule has 13 heteroatoms. The second-order valence-electron chi connectivity index (χ2n) is 15.5. The van der Waals surface area contributed by atoms with Crippen LogP contribution in [0.4, 0.5) is 5.82 Å². The maximum Gasteiger partial charge on any atom is 0.266 e. The molecule has 5 heterocycles. The third kappa shape index (κ3) is 7.55. The summed E-state index contributed by atoms with van der Waals surface area (Å²) in [6, 6.07) is 9.96. The van der Waals surface area contributed by atoms with Crippen LogP contribution in [-0.4, -0.2) is 131 Å². The number of rotatable bonds is 7. The smallest absolute Gasteiger partial charge is 0.266 e. The number of aromatic nitrogens is 2. The Morgan fingerprint density at radius 1 is 0.863 bits per heavy atom. The minimum atomic E-state index is -0.663. The topological polar surface area (TPSA) is 112 Å². The number of piperazine rings is 1. The predicted molar refractivity (Wildman–Crippen MR) is 195 cm³/mol. The molecular formula is C38H52ClN7O5. The van der Waals surface area contributed by atoms with E-state index in [1.165, 1.54) is 10.7 Å². The second-order valence-corrected chi connectivity index (χ2v) is 15.9. The molecule has 0 spiro atoms. The minimum Gasteiger partial charge on any atom is -0.368 e. The molecule has 1 aromatic carbocycles. The van der Waals surface area contributed by atoms with Crippen molar-refractivity contribution in [3.63, 3.8) is 0 Å². The molecule has 12 nitrogen and oxygen atoms in total. The van der Waals surface area contributed by atoms with Gasteiger partial charge in [-0.2, -0.15) is 5.10 Å². The molecule has 5 atom stereocenters. The van der Waals surface area contributed by atoms with E-state index in [9.17, 15) is 14.4 Å². The Balaban J connectivity index is 1.22. The van der Waals surface area contributed by atoms with Crippen molar-refractivity contribution < 1.29 is 19.1 Å². The molecule has 0 unspecified atom stereocenters. The van der Waals surface area contributed by atoms with Gasteiger partial charge in [-0.3, -0.25) is 19.2 Å². The summed E-state index contributed by atoms with van der Waals surface area (Å²) in [5.74, 6) is 0.462. The highest BCUT2D eigenvalue weighted by Crippen LogP contribution is 2.40. The van der Waals surface area contributed by atoms with E-state index in [1.807, 2.05) is 34.1 Å². The van der Waals surface area contributed by atoms with Crippen molar-refractivity contribution in [3.05, 3.63) is 57.3 Å². The van der Waals surface area contributed by atoms with Crippen LogP contribution in [0.15, 0.2) is 41.2 Å². The van der Waals surface area contributed by atoms with Gasteiger partial charge in [-0.05, 0) is 81.7 Å². The average molecular weight is 722 g/mol. The van der Waals surface area contributed by atoms with Crippen LogP contribution < -0.4 is 10.5 Å². The van der Waals surface area contributed by atoms with Gasteiger partial charge >= 0.3 is 0 Å². The van der Waals surface area contributed by atoms with Crippen LogP contribution in [0.2, 0.25) is 5.02 Å². The molecule has 2 aromatic rings. The van der Waals surface area contributed by atoms with Crippen LogP contribution in [0.25, 0.3) is 0 Å². The lowest BCUT2D eigenvalue weighted by molar-refractivity contribution is -0.148. The number of aryl methyl sites for hydroxylation is 1. The zero-order valence-corrected chi connectivity index (χ0v) is 30.9. The van der Waals surface area contributed by atoms with Gasteiger partial charge < -0.3 is 29.2 Å². The molecule has 4 saturated heterocycles. The zero-order chi connectivity index (χ0) is 35.8. The summed E-state index contributed by atoms with van der Waals surface area (Å²) < 4.78 is 7.26. The molecular weight excluding hydrogens is 670 g/mol. The molecule has 0 bridgehead atoms. The maximum atomic E-state index is 15.1. The average Bonchev–Trinajstić information content (AvgIpc) is 3.92. The third-order valence-corrected chi connectivity index (χ3v) is 12.4. The van der Waals surface area contributed by atoms with E-state index >= 15 is 4.79 Å². The highest BCUT2D eigenvalue weighted by atomic mass is 35.5. The van der Waals surface area contributed by atoms with Crippen LogP contribution in [0.3, 0.4) is 0 Å². The predicted octanol–water partition coefficient (Wildman–Crippen LogP) is 2.98. The largest absolute Gasteiger partial charge is 0.368 e. The molecule has 1 aromatic heterocycles. The molecule has 276 valence electrons. The molecule has 51 heavy (non-hydrogen) atoms. The van der Waals surface area contributed by atoms with Crippen LogP contribution in [0.5, 0.6) is 0 Å². The van der Waals surface area contributed by atoms with E-state index in [1.54, 1.807) is 13.1 Å². The van der Waals surface area contributed by atoms with Crippen molar-refractivity contribution >= 4 is 35.1 Å². The number of anilines is 1. The van der Waals surface area contributed by atoms with E-state index in [0.29, 0.717) is 68.9 Å². The van der Waals surface area contributed by atoms with Crippen molar-refractivity contribution in [2.24, 2.45) is 18.9 Å². The van der Waals surface area contributed by atoms with Gasteiger partial charge in [0, 0.05) is 82.5 Å².